The molecule has 4 rings (SSSR count). The zero-order valence-electron chi connectivity index (χ0n) is 21.4. The smallest absolute Gasteiger partial charge is 0.310 e. The summed E-state index contributed by atoms with van der Waals surface area (Å²) in [5.74, 6) is -3.54. The van der Waals surface area contributed by atoms with Crippen molar-refractivity contribution in [2.75, 3.05) is 13.2 Å². The largest absolute Gasteiger partial charge is 0.481 e. The number of nitrogens with one attached hydrogen (secondary N) is 1. The second-order valence-electron chi connectivity index (χ2n) is 9.54. The van der Waals surface area contributed by atoms with Gasteiger partial charge >= 0.3 is 11.9 Å². The molecule has 2 atom stereocenters. The molecule has 1 aliphatic heterocycles. The van der Waals surface area contributed by atoms with Crippen LogP contribution >= 0.6 is 0 Å². The summed E-state index contributed by atoms with van der Waals surface area (Å²) in [5.41, 5.74) is 1.61. The van der Waals surface area contributed by atoms with Crippen molar-refractivity contribution in [2.45, 2.75) is 44.2 Å². The minimum absolute atomic E-state index is 0.0635. The predicted octanol–water partition coefficient (Wildman–Crippen LogP) is 3.21. The van der Waals surface area contributed by atoms with Gasteiger partial charge in [-0.25, -0.2) is 0 Å². The van der Waals surface area contributed by atoms with Gasteiger partial charge in [0.1, 0.15) is 12.6 Å². The molecule has 39 heavy (non-hydrogen) atoms. The molecule has 1 saturated heterocycles. The number of carboxylic acid groups (broad SMARTS) is 1. The topological polar surface area (TPSA) is 130 Å². The van der Waals surface area contributed by atoms with E-state index in [0.717, 1.165) is 16.3 Å². The standard InChI is InChI=1S/C30H30N2O7/c33-26(19-39-30(38)16-20-13-14-21-7-4-5-10-23(21)15-20)24(17-29(36)37)31-27(34)18-32-25(11-6-12-28(32)35)22-8-2-1-3-9-22/h1-5,7-10,13-15,24-25H,6,11-12,16-19H2,(H,31,34)(H,36,37). The molecule has 2 N–H and O–H groups in total. The number of hydrogen-bond acceptors (Lipinski definition) is 6. The number of piperidine rings is 1. The maximum atomic E-state index is 12.9. The van der Waals surface area contributed by atoms with Crippen molar-refractivity contribution in [3.8, 4) is 0 Å². The molecule has 202 valence electrons. The lowest BCUT2D eigenvalue weighted by atomic mass is 9.95. The van der Waals surface area contributed by atoms with Crippen molar-refractivity contribution < 1.29 is 33.8 Å². The fraction of sp³-hybridized carbons (Fsp3) is 0.300. The minimum atomic E-state index is -1.40. The van der Waals surface area contributed by atoms with E-state index >= 15 is 0 Å². The molecule has 0 aromatic heterocycles. The lowest BCUT2D eigenvalue weighted by molar-refractivity contribution is -0.149. The number of rotatable bonds is 11. The SMILES string of the molecule is O=C(O)CC(NC(=O)CN1C(=O)CCCC1c1ccccc1)C(=O)COC(=O)Cc1ccc2ccccc2c1. The third-order valence-corrected chi connectivity index (χ3v) is 6.70. The first-order chi connectivity index (χ1) is 18.8. The molecule has 9 heteroatoms. The highest BCUT2D eigenvalue weighted by Gasteiger charge is 2.32. The van der Waals surface area contributed by atoms with Crippen LogP contribution in [0.5, 0.6) is 0 Å². The number of fused-ring (bicyclic) bond motifs is 1. The fourth-order valence-corrected chi connectivity index (χ4v) is 4.77. The molecule has 1 heterocycles. The van der Waals surface area contributed by atoms with Gasteiger partial charge in [0.25, 0.3) is 0 Å². The number of carbonyl (C=O) groups is 5. The Kier molecular flexibility index (Phi) is 9.04. The Hall–Kier alpha value is -4.53. The molecular formula is C30H30N2O7. The molecule has 0 spiro atoms. The van der Waals surface area contributed by atoms with Crippen molar-refractivity contribution >= 4 is 40.3 Å². The number of carbonyl (C=O) groups excluding carboxylic acids is 4. The van der Waals surface area contributed by atoms with Crippen molar-refractivity contribution in [1.82, 2.24) is 10.2 Å². The second-order valence-corrected chi connectivity index (χ2v) is 9.54. The summed E-state index contributed by atoms with van der Waals surface area (Å²) < 4.78 is 5.11. The summed E-state index contributed by atoms with van der Waals surface area (Å²) in [6, 6.07) is 20.9. The van der Waals surface area contributed by atoms with Gasteiger partial charge in [-0.1, -0.05) is 72.8 Å². The van der Waals surface area contributed by atoms with Crippen LogP contribution in [0, 0.1) is 0 Å². The lowest BCUT2D eigenvalue weighted by Gasteiger charge is -2.35. The van der Waals surface area contributed by atoms with Crippen LogP contribution in [-0.4, -0.2) is 58.7 Å². The highest BCUT2D eigenvalue weighted by atomic mass is 16.5. The zero-order valence-corrected chi connectivity index (χ0v) is 21.4. The van der Waals surface area contributed by atoms with Gasteiger partial charge in [0.2, 0.25) is 11.8 Å². The summed E-state index contributed by atoms with van der Waals surface area (Å²) >= 11 is 0. The summed E-state index contributed by atoms with van der Waals surface area (Å²) in [4.78, 5) is 63.5. The predicted molar refractivity (Wildman–Crippen MR) is 143 cm³/mol. The van der Waals surface area contributed by atoms with Crippen LogP contribution in [-0.2, 0) is 35.1 Å². The van der Waals surface area contributed by atoms with Crippen LogP contribution in [0.4, 0.5) is 0 Å². The van der Waals surface area contributed by atoms with Crippen LogP contribution in [0.25, 0.3) is 10.8 Å². The van der Waals surface area contributed by atoms with E-state index in [2.05, 4.69) is 5.32 Å². The molecule has 0 radical (unpaired) electrons. The average Bonchev–Trinajstić information content (AvgIpc) is 2.92. The van der Waals surface area contributed by atoms with Crippen LogP contribution in [0.3, 0.4) is 0 Å². The maximum absolute atomic E-state index is 12.9. The van der Waals surface area contributed by atoms with Gasteiger partial charge < -0.3 is 20.1 Å². The molecular weight excluding hydrogens is 500 g/mol. The number of amides is 2. The minimum Gasteiger partial charge on any atom is -0.481 e. The van der Waals surface area contributed by atoms with Gasteiger partial charge in [0, 0.05) is 6.42 Å². The second kappa shape index (κ2) is 12.8. The van der Waals surface area contributed by atoms with Crippen molar-refractivity contribution in [3.63, 3.8) is 0 Å². The van der Waals surface area contributed by atoms with Crippen LogP contribution in [0.2, 0.25) is 0 Å². The maximum Gasteiger partial charge on any atom is 0.310 e. The zero-order chi connectivity index (χ0) is 27.8. The summed E-state index contributed by atoms with van der Waals surface area (Å²) in [6.45, 7) is -0.997. The van der Waals surface area contributed by atoms with Gasteiger partial charge in [-0.05, 0) is 34.7 Å². The Morgan fingerprint density at radius 3 is 2.44 bits per heavy atom. The number of ketones is 1. The lowest BCUT2D eigenvalue weighted by Crippen LogP contribution is -2.50. The van der Waals surface area contributed by atoms with Gasteiger partial charge in [0.05, 0.1) is 18.9 Å². The highest BCUT2D eigenvalue weighted by molar-refractivity contribution is 5.95. The number of hydrogen-bond donors (Lipinski definition) is 2. The monoisotopic (exact) mass is 530 g/mol. The molecule has 0 bridgehead atoms. The first kappa shape index (κ1) is 27.5. The van der Waals surface area contributed by atoms with Gasteiger partial charge in [0.15, 0.2) is 12.4 Å². The van der Waals surface area contributed by atoms with Crippen molar-refractivity contribution in [3.05, 3.63) is 83.9 Å². The quantitative estimate of drug-likeness (QED) is 0.364. The molecule has 0 saturated carbocycles. The number of esters is 1. The van der Waals surface area contributed by atoms with Gasteiger partial charge in [-0.15, -0.1) is 0 Å². The summed E-state index contributed by atoms with van der Waals surface area (Å²) in [5, 5.41) is 13.7. The highest BCUT2D eigenvalue weighted by Crippen LogP contribution is 2.31. The Balaban J connectivity index is 1.34. The first-order valence-corrected chi connectivity index (χ1v) is 12.8. The summed E-state index contributed by atoms with van der Waals surface area (Å²) in [7, 11) is 0. The molecule has 1 fully saturated rings. The Morgan fingerprint density at radius 1 is 0.974 bits per heavy atom. The van der Waals surface area contributed by atoms with Gasteiger partial charge in [-0.3, -0.25) is 24.0 Å². The normalized spacial score (nSPS) is 15.9. The Labute approximate surface area is 225 Å². The van der Waals surface area contributed by atoms with Crippen LogP contribution in [0.1, 0.15) is 42.9 Å². The third kappa shape index (κ3) is 7.50. The number of benzene rings is 3. The number of aliphatic carboxylic acids is 1. The van der Waals surface area contributed by atoms with E-state index in [1.165, 1.54) is 4.90 Å². The van der Waals surface area contributed by atoms with Crippen molar-refractivity contribution in [1.29, 1.82) is 0 Å². The average molecular weight is 531 g/mol. The number of nitrogens with zero attached hydrogens (tertiary/aromatic N) is 1. The Bertz CT molecular complexity index is 1370. The van der Waals surface area contributed by atoms with Crippen LogP contribution < -0.4 is 5.32 Å². The van der Waals surface area contributed by atoms with Crippen LogP contribution in [0.15, 0.2) is 72.8 Å². The molecule has 1 aliphatic rings. The number of ether oxygens (including phenoxy) is 1. The number of likely N-dealkylation sites (tertiary alicyclic amines) is 1. The molecule has 2 unspecified atom stereocenters. The van der Waals surface area contributed by atoms with Crippen molar-refractivity contribution in [2.24, 2.45) is 0 Å². The molecule has 3 aromatic rings. The molecule has 2 amide bonds. The molecule has 0 aliphatic carbocycles. The van der Waals surface area contributed by atoms with Gasteiger partial charge in [-0.2, -0.15) is 0 Å². The van der Waals surface area contributed by atoms with E-state index in [0.29, 0.717) is 24.8 Å². The number of carboxylic acids is 1. The molecule has 3 aromatic carbocycles. The third-order valence-electron chi connectivity index (χ3n) is 6.70. The van der Waals surface area contributed by atoms with E-state index in [4.69, 9.17) is 4.74 Å². The van der Waals surface area contributed by atoms with E-state index in [1.54, 1.807) is 6.07 Å². The van der Waals surface area contributed by atoms with E-state index in [1.807, 2.05) is 66.7 Å². The molecule has 9 nitrogen and oxygen atoms in total. The Morgan fingerprint density at radius 2 is 1.69 bits per heavy atom. The van der Waals surface area contributed by atoms with E-state index < -0.39 is 42.7 Å². The first-order valence-electron chi connectivity index (χ1n) is 12.8. The van der Waals surface area contributed by atoms with E-state index in [-0.39, 0.29) is 24.9 Å². The fourth-order valence-electron chi connectivity index (χ4n) is 4.77. The summed E-state index contributed by atoms with van der Waals surface area (Å²) in [6.07, 6.45) is 0.949. The number of Topliss-reactive ketones (excluding diaryl/α,β-unsaturated/α-hetero) is 1. The van der Waals surface area contributed by atoms with E-state index in [9.17, 15) is 29.1 Å².